The molecule has 0 N–H and O–H groups in total. The summed E-state index contributed by atoms with van der Waals surface area (Å²) in [5.74, 6) is 1.31. The van der Waals surface area contributed by atoms with Gasteiger partial charge in [-0.25, -0.2) is 4.98 Å². The third kappa shape index (κ3) is 2.87. The third-order valence-electron chi connectivity index (χ3n) is 4.40. The molecule has 0 aliphatic rings. The quantitative estimate of drug-likeness (QED) is 0.467. The number of thiophene rings is 1. The lowest BCUT2D eigenvalue weighted by Crippen LogP contribution is -1.96. The lowest BCUT2D eigenvalue weighted by atomic mass is 10.1. The average Bonchev–Trinajstić information content (AvgIpc) is 3.38. The molecule has 3 aromatic heterocycles. The van der Waals surface area contributed by atoms with Gasteiger partial charge in [-0.15, -0.1) is 22.7 Å². The molecule has 0 aliphatic carbocycles. The van der Waals surface area contributed by atoms with Crippen molar-refractivity contribution in [3.63, 3.8) is 0 Å². The first-order valence-corrected chi connectivity index (χ1v) is 10.0. The molecule has 0 atom stereocenters. The van der Waals surface area contributed by atoms with E-state index >= 15 is 0 Å². The van der Waals surface area contributed by atoms with Crippen molar-refractivity contribution in [3.05, 3.63) is 46.3 Å². The molecule has 5 nitrogen and oxygen atoms in total. The minimum atomic E-state index is 0.277. The first kappa shape index (κ1) is 17.6. The number of aromatic nitrogens is 2. The highest BCUT2D eigenvalue weighted by Crippen LogP contribution is 2.39. The number of thiazole rings is 1. The molecule has 4 aromatic rings. The van der Waals surface area contributed by atoms with E-state index in [1.807, 2.05) is 24.3 Å². The minimum Gasteiger partial charge on any atom is -0.493 e. The van der Waals surface area contributed by atoms with Gasteiger partial charge in [0.2, 0.25) is 0 Å². The van der Waals surface area contributed by atoms with Crippen LogP contribution in [0.1, 0.15) is 10.6 Å². The molecule has 0 radical (unpaired) electrons. The Morgan fingerprint density at radius 2 is 2.00 bits per heavy atom. The Morgan fingerprint density at radius 1 is 1.19 bits per heavy atom. The normalized spacial score (nSPS) is 10.9. The predicted octanol–water partition coefficient (Wildman–Crippen LogP) is 5.18. The van der Waals surface area contributed by atoms with Gasteiger partial charge in [0.25, 0.3) is 0 Å². The first-order valence-electron chi connectivity index (χ1n) is 8.31. The van der Waals surface area contributed by atoms with Gasteiger partial charge in [0, 0.05) is 10.4 Å². The Labute approximate surface area is 165 Å². The van der Waals surface area contributed by atoms with Crippen molar-refractivity contribution in [2.75, 3.05) is 14.2 Å². The zero-order chi connectivity index (χ0) is 19.0. The van der Waals surface area contributed by atoms with Crippen LogP contribution in [0, 0.1) is 18.3 Å². The molecule has 1 aromatic carbocycles. The van der Waals surface area contributed by atoms with Gasteiger partial charge in [-0.05, 0) is 36.6 Å². The van der Waals surface area contributed by atoms with E-state index in [4.69, 9.17) is 14.5 Å². The maximum atomic E-state index is 9.45. The number of fused-ring (bicyclic) bond motifs is 1. The zero-order valence-electron chi connectivity index (χ0n) is 15.1. The molecule has 0 bridgehead atoms. The summed E-state index contributed by atoms with van der Waals surface area (Å²) in [6, 6.07) is 12.2. The average molecular weight is 396 g/mol. The number of benzene rings is 1. The van der Waals surface area contributed by atoms with Crippen LogP contribution in [0.4, 0.5) is 0 Å². The van der Waals surface area contributed by atoms with E-state index in [0.29, 0.717) is 11.5 Å². The van der Waals surface area contributed by atoms with Gasteiger partial charge in [-0.3, -0.25) is 4.40 Å². The second-order valence-electron chi connectivity index (χ2n) is 5.91. The van der Waals surface area contributed by atoms with E-state index in [2.05, 4.69) is 28.8 Å². The molecule has 136 valence electrons. The Kier molecular flexibility index (Phi) is 4.60. The fraction of sp³-hybridized carbons (Fsp3) is 0.200. The van der Waals surface area contributed by atoms with Gasteiger partial charge in [0.1, 0.15) is 0 Å². The van der Waals surface area contributed by atoms with Crippen LogP contribution in [0.5, 0.6) is 11.5 Å². The van der Waals surface area contributed by atoms with Crippen molar-refractivity contribution in [3.8, 4) is 39.4 Å². The van der Waals surface area contributed by atoms with Crippen molar-refractivity contribution < 1.29 is 9.47 Å². The number of hydrogen-bond acceptors (Lipinski definition) is 6. The topological polar surface area (TPSA) is 59.5 Å². The minimum absolute atomic E-state index is 0.277. The lowest BCUT2D eigenvalue weighted by molar-refractivity contribution is 0.355. The molecule has 0 amide bonds. The summed E-state index contributed by atoms with van der Waals surface area (Å²) in [4.78, 5) is 8.12. The van der Waals surface area contributed by atoms with Crippen molar-refractivity contribution in [1.82, 2.24) is 9.38 Å². The number of rotatable bonds is 5. The van der Waals surface area contributed by atoms with E-state index in [1.165, 1.54) is 9.75 Å². The van der Waals surface area contributed by atoms with Gasteiger partial charge < -0.3 is 9.47 Å². The molecule has 3 heterocycles. The van der Waals surface area contributed by atoms with Crippen LogP contribution in [0.2, 0.25) is 0 Å². The van der Waals surface area contributed by atoms with Gasteiger partial charge in [0.05, 0.1) is 48.7 Å². The van der Waals surface area contributed by atoms with Crippen molar-refractivity contribution >= 4 is 27.6 Å². The molecule has 4 rings (SSSR count). The third-order valence-corrected chi connectivity index (χ3v) is 6.23. The highest BCUT2D eigenvalue weighted by molar-refractivity contribution is 7.18. The predicted molar refractivity (Wildman–Crippen MR) is 109 cm³/mol. The second-order valence-corrected chi connectivity index (χ2v) is 8.04. The summed E-state index contributed by atoms with van der Waals surface area (Å²) in [5.41, 5.74) is 3.73. The van der Waals surface area contributed by atoms with E-state index in [9.17, 15) is 5.26 Å². The monoisotopic (exact) mass is 395 g/mol. The Balaban J connectivity index is 1.97. The zero-order valence-corrected chi connectivity index (χ0v) is 16.8. The number of aryl methyl sites for hydroxylation is 1. The molecule has 0 fully saturated rings. The molecule has 0 saturated carbocycles. The van der Waals surface area contributed by atoms with Crippen molar-refractivity contribution in [2.24, 2.45) is 0 Å². The van der Waals surface area contributed by atoms with Gasteiger partial charge in [-0.1, -0.05) is 6.07 Å². The molecular formula is C20H17N3O2S2. The SMILES string of the molecule is COc1ccc(-c2nc3sc(C)c(-c4cccs4)n3c2CC#N)cc1OC. The number of imidazole rings is 1. The molecule has 0 spiro atoms. The van der Waals surface area contributed by atoms with E-state index in [1.54, 1.807) is 36.9 Å². The van der Waals surface area contributed by atoms with E-state index in [-0.39, 0.29) is 6.42 Å². The summed E-state index contributed by atoms with van der Waals surface area (Å²) in [6.07, 6.45) is 0.277. The van der Waals surface area contributed by atoms with E-state index in [0.717, 1.165) is 27.6 Å². The fourth-order valence-corrected chi connectivity index (χ4v) is 5.11. The number of methoxy groups -OCH3 is 2. The largest absolute Gasteiger partial charge is 0.493 e. The first-order chi connectivity index (χ1) is 13.2. The van der Waals surface area contributed by atoms with Gasteiger partial charge in [0.15, 0.2) is 16.5 Å². The lowest BCUT2D eigenvalue weighted by Gasteiger charge is -2.09. The standard InChI is InChI=1S/C20H17N3O2S2/c1-12-19(17-5-4-10-26-17)23-14(8-9-21)18(22-20(23)27-12)13-6-7-15(24-2)16(11-13)25-3/h4-7,10-11H,8H2,1-3H3. The summed E-state index contributed by atoms with van der Waals surface area (Å²) < 4.78 is 12.9. The molecule has 0 saturated heterocycles. The van der Waals surface area contributed by atoms with Crippen LogP contribution >= 0.6 is 22.7 Å². The highest BCUT2D eigenvalue weighted by Gasteiger charge is 2.22. The smallest absolute Gasteiger partial charge is 0.195 e. The number of ether oxygens (including phenoxy) is 2. The van der Waals surface area contributed by atoms with E-state index < -0.39 is 0 Å². The van der Waals surface area contributed by atoms with Crippen LogP contribution in [0.3, 0.4) is 0 Å². The van der Waals surface area contributed by atoms with Crippen molar-refractivity contribution in [2.45, 2.75) is 13.3 Å². The maximum absolute atomic E-state index is 9.45. The second kappa shape index (κ2) is 7.06. The molecular weight excluding hydrogens is 378 g/mol. The summed E-state index contributed by atoms with van der Waals surface area (Å²) in [7, 11) is 3.23. The maximum Gasteiger partial charge on any atom is 0.195 e. The molecule has 7 heteroatoms. The Bertz CT molecular complexity index is 1150. The van der Waals surface area contributed by atoms with Gasteiger partial charge in [-0.2, -0.15) is 5.26 Å². The van der Waals surface area contributed by atoms with Gasteiger partial charge >= 0.3 is 0 Å². The number of nitrogens with zero attached hydrogens (tertiary/aromatic N) is 3. The summed E-state index contributed by atoms with van der Waals surface area (Å²) >= 11 is 3.33. The fourth-order valence-electron chi connectivity index (χ4n) is 3.22. The van der Waals surface area contributed by atoms with Crippen LogP contribution in [0.15, 0.2) is 35.7 Å². The number of nitriles is 1. The highest BCUT2D eigenvalue weighted by atomic mass is 32.1. The number of hydrogen-bond donors (Lipinski definition) is 0. The molecule has 0 unspecified atom stereocenters. The van der Waals surface area contributed by atoms with Crippen LogP contribution in [-0.4, -0.2) is 23.6 Å². The molecule has 27 heavy (non-hydrogen) atoms. The van der Waals surface area contributed by atoms with Crippen LogP contribution < -0.4 is 9.47 Å². The Morgan fingerprint density at radius 3 is 2.67 bits per heavy atom. The summed E-state index contributed by atoms with van der Waals surface area (Å²) in [5, 5.41) is 11.5. The Hall–Kier alpha value is -2.82. The van der Waals surface area contributed by atoms with Crippen LogP contribution in [-0.2, 0) is 6.42 Å². The van der Waals surface area contributed by atoms with Crippen LogP contribution in [0.25, 0.3) is 26.8 Å². The van der Waals surface area contributed by atoms with Crippen molar-refractivity contribution in [1.29, 1.82) is 5.26 Å². The molecule has 0 aliphatic heterocycles. The summed E-state index contributed by atoms with van der Waals surface area (Å²) in [6.45, 7) is 2.10.